The van der Waals surface area contributed by atoms with E-state index < -0.39 is 0 Å². The third-order valence-electron chi connectivity index (χ3n) is 4.04. The van der Waals surface area contributed by atoms with Crippen LogP contribution in [0.4, 0.5) is 0 Å². The van der Waals surface area contributed by atoms with Crippen LogP contribution in [0.1, 0.15) is 71.1 Å². The molecule has 0 unspecified atom stereocenters. The molecule has 0 aromatic carbocycles. The highest BCUT2D eigenvalue weighted by Gasteiger charge is 2.35. The largest absolute Gasteiger partial charge is 0.469 e. The number of hydrogen-bond donors (Lipinski definition) is 0. The molecule has 1 rings (SSSR count). The Morgan fingerprint density at radius 1 is 1.00 bits per heavy atom. The second-order valence-electron chi connectivity index (χ2n) is 5.92. The number of hydrogen-bond acceptors (Lipinski definition) is 3. The van der Waals surface area contributed by atoms with Gasteiger partial charge in [0.2, 0.25) is 0 Å². The van der Waals surface area contributed by atoms with Crippen LogP contribution in [0.5, 0.6) is 0 Å². The monoisotopic (exact) mass is 308 g/mol. The number of unbranched alkanes of at least 4 members (excludes halogenated alkanes) is 5. The molecular formula is C19H32O3. The van der Waals surface area contributed by atoms with E-state index in [0.29, 0.717) is 18.6 Å². The molecule has 0 spiro atoms. The smallest absolute Gasteiger partial charge is 0.305 e. The van der Waals surface area contributed by atoms with E-state index >= 15 is 0 Å². The minimum atomic E-state index is -0.0885. The molecule has 1 saturated heterocycles. The summed E-state index contributed by atoms with van der Waals surface area (Å²) in [5.41, 5.74) is 0. The maximum atomic E-state index is 10.9. The van der Waals surface area contributed by atoms with Gasteiger partial charge in [0.1, 0.15) is 0 Å². The van der Waals surface area contributed by atoms with Crippen LogP contribution < -0.4 is 0 Å². The Balaban J connectivity index is 1.80. The van der Waals surface area contributed by atoms with E-state index in [4.69, 9.17) is 4.74 Å². The first kappa shape index (κ1) is 19.0. The lowest BCUT2D eigenvalue weighted by Gasteiger charge is -1.99. The Kier molecular flexibility index (Phi) is 10.7. The van der Waals surface area contributed by atoms with Gasteiger partial charge in [-0.05, 0) is 38.5 Å². The van der Waals surface area contributed by atoms with Crippen LogP contribution in [0, 0.1) is 0 Å². The molecular weight excluding hydrogens is 276 g/mol. The van der Waals surface area contributed by atoms with Crippen LogP contribution >= 0.6 is 0 Å². The fourth-order valence-electron chi connectivity index (χ4n) is 2.53. The van der Waals surface area contributed by atoms with Crippen molar-refractivity contribution in [3.05, 3.63) is 24.3 Å². The molecule has 0 aromatic rings. The Bertz CT molecular complexity index is 347. The van der Waals surface area contributed by atoms with E-state index in [2.05, 4.69) is 36.0 Å². The van der Waals surface area contributed by atoms with Crippen LogP contribution in [0.25, 0.3) is 0 Å². The van der Waals surface area contributed by atoms with Crippen LogP contribution in [0.15, 0.2) is 24.3 Å². The van der Waals surface area contributed by atoms with Gasteiger partial charge in [-0.15, -0.1) is 0 Å². The third kappa shape index (κ3) is 9.78. The van der Waals surface area contributed by atoms with Gasteiger partial charge in [0, 0.05) is 6.42 Å². The Hall–Kier alpha value is -1.09. The Labute approximate surface area is 135 Å². The number of carbonyl (C=O) groups is 1. The van der Waals surface area contributed by atoms with E-state index in [9.17, 15) is 4.79 Å². The molecule has 1 aliphatic heterocycles. The highest BCUT2D eigenvalue weighted by atomic mass is 16.6. The van der Waals surface area contributed by atoms with Gasteiger partial charge in [-0.2, -0.15) is 0 Å². The first-order valence-corrected chi connectivity index (χ1v) is 8.80. The SMILES string of the molecule is CC[C@H]1O[C@@H]1C/C=C\C/C=C\CCCCCCCC(=O)OC. The molecule has 1 fully saturated rings. The minimum Gasteiger partial charge on any atom is -0.469 e. The molecule has 3 nitrogen and oxygen atoms in total. The summed E-state index contributed by atoms with van der Waals surface area (Å²) >= 11 is 0. The summed E-state index contributed by atoms with van der Waals surface area (Å²) in [6, 6.07) is 0. The first-order valence-electron chi connectivity index (χ1n) is 8.80. The predicted octanol–water partition coefficient (Wildman–Crippen LogP) is 4.96. The standard InChI is InChI=1S/C19H32O3/c1-3-17-18(22-17)15-13-11-9-7-5-4-6-8-10-12-14-16-19(20)21-2/h5,7,11,13,17-18H,3-4,6,8-10,12,14-16H2,1-2H3/b7-5-,13-11-/t17-,18-/m1/s1. The molecule has 0 aliphatic carbocycles. The highest BCUT2D eigenvalue weighted by Crippen LogP contribution is 2.28. The van der Waals surface area contributed by atoms with Crippen molar-refractivity contribution in [3.8, 4) is 0 Å². The number of allylic oxidation sites excluding steroid dienone is 3. The van der Waals surface area contributed by atoms with Gasteiger partial charge in [-0.25, -0.2) is 0 Å². The van der Waals surface area contributed by atoms with Crippen LogP contribution in [-0.4, -0.2) is 25.3 Å². The summed E-state index contributed by atoms with van der Waals surface area (Å²) in [6.07, 6.45) is 20.8. The first-order chi connectivity index (χ1) is 10.8. The number of methoxy groups -OCH3 is 1. The van der Waals surface area contributed by atoms with E-state index in [0.717, 1.165) is 38.5 Å². The van der Waals surface area contributed by atoms with Gasteiger partial charge in [0.05, 0.1) is 19.3 Å². The summed E-state index contributed by atoms with van der Waals surface area (Å²) in [5.74, 6) is -0.0885. The van der Waals surface area contributed by atoms with Gasteiger partial charge in [0.25, 0.3) is 0 Å². The maximum Gasteiger partial charge on any atom is 0.305 e. The molecule has 126 valence electrons. The normalized spacial score (nSPS) is 20.8. The predicted molar refractivity (Wildman–Crippen MR) is 90.8 cm³/mol. The molecule has 0 N–H and O–H groups in total. The lowest BCUT2D eigenvalue weighted by molar-refractivity contribution is -0.140. The average molecular weight is 308 g/mol. The van der Waals surface area contributed by atoms with Crippen molar-refractivity contribution < 1.29 is 14.3 Å². The van der Waals surface area contributed by atoms with Crippen LogP contribution in [-0.2, 0) is 14.3 Å². The third-order valence-corrected chi connectivity index (χ3v) is 4.04. The molecule has 22 heavy (non-hydrogen) atoms. The fraction of sp³-hybridized carbons (Fsp3) is 0.737. The maximum absolute atomic E-state index is 10.9. The van der Waals surface area contributed by atoms with Crippen molar-refractivity contribution in [1.82, 2.24) is 0 Å². The minimum absolute atomic E-state index is 0.0885. The molecule has 0 bridgehead atoms. The van der Waals surface area contributed by atoms with Gasteiger partial charge in [-0.3, -0.25) is 4.79 Å². The summed E-state index contributed by atoms with van der Waals surface area (Å²) in [7, 11) is 1.45. The van der Waals surface area contributed by atoms with E-state index in [-0.39, 0.29) is 5.97 Å². The molecule has 1 heterocycles. The molecule has 0 aromatic heterocycles. The Morgan fingerprint density at radius 3 is 2.45 bits per heavy atom. The van der Waals surface area contributed by atoms with Crippen molar-refractivity contribution in [1.29, 1.82) is 0 Å². The summed E-state index contributed by atoms with van der Waals surface area (Å²) in [6.45, 7) is 2.18. The van der Waals surface area contributed by atoms with Crippen molar-refractivity contribution in [2.24, 2.45) is 0 Å². The zero-order valence-electron chi connectivity index (χ0n) is 14.3. The van der Waals surface area contributed by atoms with Gasteiger partial charge in [-0.1, -0.05) is 50.5 Å². The molecule has 0 saturated carbocycles. The second-order valence-corrected chi connectivity index (χ2v) is 5.92. The van der Waals surface area contributed by atoms with Crippen molar-refractivity contribution in [2.75, 3.05) is 7.11 Å². The van der Waals surface area contributed by atoms with E-state index in [1.807, 2.05) is 0 Å². The van der Waals surface area contributed by atoms with E-state index in [1.54, 1.807) is 0 Å². The molecule has 1 aliphatic rings. The Morgan fingerprint density at radius 2 is 1.73 bits per heavy atom. The van der Waals surface area contributed by atoms with Crippen molar-refractivity contribution >= 4 is 5.97 Å². The van der Waals surface area contributed by atoms with Crippen molar-refractivity contribution in [3.63, 3.8) is 0 Å². The van der Waals surface area contributed by atoms with Crippen LogP contribution in [0.3, 0.4) is 0 Å². The van der Waals surface area contributed by atoms with Crippen molar-refractivity contribution in [2.45, 2.75) is 83.3 Å². The average Bonchev–Trinajstić information content (AvgIpc) is 3.30. The number of esters is 1. The molecule has 2 atom stereocenters. The topological polar surface area (TPSA) is 38.8 Å². The number of epoxide rings is 1. The van der Waals surface area contributed by atoms with Gasteiger partial charge < -0.3 is 9.47 Å². The lowest BCUT2D eigenvalue weighted by atomic mass is 10.1. The quantitative estimate of drug-likeness (QED) is 0.209. The molecule has 0 amide bonds. The summed E-state index contributed by atoms with van der Waals surface area (Å²) in [5, 5.41) is 0. The summed E-state index contributed by atoms with van der Waals surface area (Å²) < 4.78 is 10.1. The van der Waals surface area contributed by atoms with Gasteiger partial charge in [0.15, 0.2) is 0 Å². The van der Waals surface area contributed by atoms with E-state index in [1.165, 1.54) is 26.4 Å². The second kappa shape index (κ2) is 12.5. The highest BCUT2D eigenvalue weighted by molar-refractivity contribution is 5.68. The molecule has 0 radical (unpaired) electrons. The summed E-state index contributed by atoms with van der Waals surface area (Å²) in [4.78, 5) is 10.9. The number of ether oxygens (including phenoxy) is 2. The van der Waals surface area contributed by atoms with Gasteiger partial charge >= 0.3 is 5.97 Å². The lowest BCUT2D eigenvalue weighted by Crippen LogP contribution is -1.98. The zero-order valence-corrected chi connectivity index (χ0v) is 14.3. The number of carbonyl (C=O) groups excluding carboxylic acids is 1. The fourth-order valence-corrected chi connectivity index (χ4v) is 2.53. The number of rotatable bonds is 13. The molecule has 3 heteroatoms. The van der Waals surface area contributed by atoms with Crippen LogP contribution in [0.2, 0.25) is 0 Å². The zero-order chi connectivity index (χ0) is 16.0.